The Kier molecular flexibility index (Phi) is 3.33. The molecule has 0 unspecified atom stereocenters. The van der Waals surface area contributed by atoms with Crippen LogP contribution in [0.5, 0.6) is 0 Å². The average molecular weight is 222 g/mol. The number of alkyl halides is 3. The Morgan fingerprint density at radius 3 is 2.73 bits per heavy atom. The van der Waals surface area contributed by atoms with Gasteiger partial charge in [0.15, 0.2) is 0 Å². The van der Waals surface area contributed by atoms with Gasteiger partial charge in [-0.3, -0.25) is 10.8 Å². The topological polar surface area (TPSA) is 63.0 Å². The molecule has 86 valence electrons. The summed E-state index contributed by atoms with van der Waals surface area (Å²) in [6.45, 7) is 2.26. The summed E-state index contributed by atoms with van der Waals surface area (Å²) < 4.78 is 36.1. The van der Waals surface area contributed by atoms with Gasteiger partial charge in [0.05, 0.1) is 6.54 Å². The molecule has 0 aliphatic carbocycles. The highest BCUT2D eigenvalue weighted by molar-refractivity contribution is 5.99. The van der Waals surface area contributed by atoms with E-state index < -0.39 is 18.4 Å². The molecule has 3 N–H and O–H groups in total. The molecule has 0 aromatic rings. The van der Waals surface area contributed by atoms with E-state index in [1.165, 1.54) is 0 Å². The van der Waals surface area contributed by atoms with Crippen molar-refractivity contribution in [2.24, 2.45) is 0 Å². The number of hydrogen-bond acceptors (Lipinski definition) is 3. The molecule has 1 aliphatic rings. The highest BCUT2D eigenvalue weighted by atomic mass is 19.4. The largest absolute Gasteiger partial charge is 0.396 e. The predicted molar refractivity (Wildman–Crippen MR) is 50.3 cm³/mol. The quantitative estimate of drug-likeness (QED) is 0.461. The van der Waals surface area contributed by atoms with E-state index in [0.29, 0.717) is 0 Å². The second-order valence-electron chi connectivity index (χ2n) is 3.58. The van der Waals surface area contributed by atoms with Gasteiger partial charge in [-0.05, 0) is 6.92 Å². The molecule has 0 aromatic carbocycles. The first kappa shape index (κ1) is 12.0. The van der Waals surface area contributed by atoms with Crippen LogP contribution >= 0.6 is 0 Å². The van der Waals surface area contributed by atoms with E-state index in [1.807, 2.05) is 0 Å². The van der Waals surface area contributed by atoms with E-state index in [4.69, 9.17) is 10.8 Å². The Hall–Kier alpha value is -1.11. The van der Waals surface area contributed by atoms with Gasteiger partial charge >= 0.3 is 6.18 Å². The third-order valence-electron chi connectivity index (χ3n) is 2.09. The molecule has 1 saturated heterocycles. The van der Waals surface area contributed by atoms with Crippen molar-refractivity contribution in [3.05, 3.63) is 0 Å². The van der Waals surface area contributed by atoms with Crippen LogP contribution in [-0.4, -0.2) is 41.9 Å². The molecular formula is C8H13F3N4. The molecule has 15 heavy (non-hydrogen) atoms. The van der Waals surface area contributed by atoms with Crippen LogP contribution in [0.4, 0.5) is 13.2 Å². The Balaban J connectivity index is 2.61. The molecule has 1 atom stereocenters. The van der Waals surface area contributed by atoms with E-state index >= 15 is 0 Å². The molecule has 0 bridgehead atoms. The van der Waals surface area contributed by atoms with Gasteiger partial charge in [-0.15, -0.1) is 0 Å². The second-order valence-corrected chi connectivity index (χ2v) is 3.58. The van der Waals surface area contributed by atoms with Gasteiger partial charge in [-0.2, -0.15) is 13.2 Å². The van der Waals surface area contributed by atoms with Crippen LogP contribution in [0.25, 0.3) is 0 Å². The molecule has 1 rings (SSSR count). The van der Waals surface area contributed by atoms with E-state index in [1.54, 1.807) is 6.92 Å². The molecule has 0 saturated carbocycles. The van der Waals surface area contributed by atoms with Crippen molar-refractivity contribution in [1.82, 2.24) is 10.2 Å². The summed E-state index contributed by atoms with van der Waals surface area (Å²) in [6, 6.07) is -0.00677. The lowest BCUT2D eigenvalue weighted by molar-refractivity contribution is -0.122. The van der Waals surface area contributed by atoms with Gasteiger partial charge in [0, 0.05) is 12.6 Å². The third-order valence-corrected chi connectivity index (χ3v) is 2.09. The van der Waals surface area contributed by atoms with Crippen LogP contribution in [0.1, 0.15) is 13.3 Å². The lowest BCUT2D eigenvalue weighted by atomic mass is 10.2. The summed E-state index contributed by atoms with van der Waals surface area (Å²) in [4.78, 5) is 1.11. The van der Waals surface area contributed by atoms with Crippen molar-refractivity contribution >= 4 is 11.7 Å². The Morgan fingerprint density at radius 1 is 1.60 bits per heavy atom. The number of amidine groups is 2. The third kappa shape index (κ3) is 3.50. The smallest absolute Gasteiger partial charge is 0.316 e. The van der Waals surface area contributed by atoms with Crippen LogP contribution < -0.4 is 5.32 Å². The molecule has 1 aliphatic heterocycles. The zero-order valence-corrected chi connectivity index (χ0v) is 8.28. The van der Waals surface area contributed by atoms with E-state index in [2.05, 4.69) is 5.32 Å². The fourth-order valence-corrected chi connectivity index (χ4v) is 1.37. The molecule has 1 fully saturated rings. The van der Waals surface area contributed by atoms with Gasteiger partial charge in [-0.25, -0.2) is 0 Å². The number of rotatable bonds is 1. The van der Waals surface area contributed by atoms with E-state index in [0.717, 1.165) is 4.90 Å². The lowest BCUT2D eigenvalue weighted by Gasteiger charge is -2.34. The maximum Gasteiger partial charge on any atom is 0.396 e. The molecule has 0 amide bonds. The van der Waals surface area contributed by atoms with Crippen LogP contribution in [0.15, 0.2) is 0 Å². The van der Waals surface area contributed by atoms with Gasteiger partial charge < -0.3 is 10.2 Å². The number of piperazine rings is 1. The number of halogens is 3. The number of nitrogens with one attached hydrogen (secondary N) is 3. The summed E-state index contributed by atoms with van der Waals surface area (Å²) in [5, 5.41) is 17.7. The minimum Gasteiger partial charge on any atom is -0.316 e. The standard InChI is InChI=1S/C8H13F3N4/c1-5-4-15(7(13)3-14-5)6(12)2-8(9,10)11/h5,12-14H,2-4H2,1H3/t5-/m1/s1. The summed E-state index contributed by atoms with van der Waals surface area (Å²) in [7, 11) is 0. The van der Waals surface area contributed by atoms with Gasteiger partial charge in [0.1, 0.15) is 18.1 Å². The zero-order chi connectivity index (χ0) is 11.6. The first-order chi connectivity index (χ1) is 6.79. The molecule has 7 heteroatoms. The Bertz CT molecular complexity index is 274. The van der Waals surface area contributed by atoms with Crippen LogP contribution in [0, 0.1) is 10.8 Å². The van der Waals surface area contributed by atoms with Crippen molar-refractivity contribution in [1.29, 1.82) is 10.8 Å². The zero-order valence-electron chi connectivity index (χ0n) is 8.28. The van der Waals surface area contributed by atoms with Crippen LogP contribution in [0.2, 0.25) is 0 Å². The summed E-state index contributed by atoms with van der Waals surface area (Å²) >= 11 is 0. The van der Waals surface area contributed by atoms with E-state index in [9.17, 15) is 13.2 Å². The number of nitrogens with zero attached hydrogens (tertiary/aromatic N) is 1. The minimum absolute atomic E-state index is 0.00677. The molecule has 0 aromatic heterocycles. The SMILES string of the molecule is C[C@@H]1CN(C(=N)CC(F)(F)F)C(=N)CN1. The average Bonchev–Trinajstić information content (AvgIpc) is 2.06. The maximum atomic E-state index is 12.0. The predicted octanol–water partition coefficient (Wildman–Crippen LogP) is 1.19. The Labute approximate surface area is 85.5 Å². The first-order valence-corrected chi connectivity index (χ1v) is 4.52. The Morgan fingerprint density at radius 2 is 2.20 bits per heavy atom. The minimum atomic E-state index is -4.38. The maximum absolute atomic E-state index is 12.0. The van der Waals surface area contributed by atoms with Gasteiger partial charge in [0.25, 0.3) is 0 Å². The lowest BCUT2D eigenvalue weighted by Crippen LogP contribution is -2.55. The van der Waals surface area contributed by atoms with Crippen molar-refractivity contribution < 1.29 is 13.2 Å². The molecule has 1 heterocycles. The molecular weight excluding hydrogens is 209 g/mol. The van der Waals surface area contributed by atoms with Crippen LogP contribution in [0.3, 0.4) is 0 Å². The molecule has 0 radical (unpaired) electrons. The first-order valence-electron chi connectivity index (χ1n) is 4.52. The van der Waals surface area contributed by atoms with Crippen molar-refractivity contribution in [3.8, 4) is 0 Å². The van der Waals surface area contributed by atoms with Crippen molar-refractivity contribution in [2.45, 2.75) is 25.6 Å². The van der Waals surface area contributed by atoms with Crippen LogP contribution in [-0.2, 0) is 0 Å². The molecule has 4 nitrogen and oxygen atoms in total. The summed E-state index contributed by atoms with van der Waals surface area (Å²) in [5.41, 5.74) is 0. The molecule has 0 spiro atoms. The second kappa shape index (κ2) is 4.18. The number of hydrogen-bond donors (Lipinski definition) is 3. The van der Waals surface area contributed by atoms with Crippen molar-refractivity contribution in [3.63, 3.8) is 0 Å². The highest BCUT2D eigenvalue weighted by Gasteiger charge is 2.33. The highest BCUT2D eigenvalue weighted by Crippen LogP contribution is 2.21. The normalized spacial score (nSPS) is 23.1. The fraction of sp³-hybridized carbons (Fsp3) is 0.750. The van der Waals surface area contributed by atoms with Gasteiger partial charge in [0.2, 0.25) is 0 Å². The van der Waals surface area contributed by atoms with E-state index in [-0.39, 0.29) is 25.0 Å². The fourth-order valence-electron chi connectivity index (χ4n) is 1.37. The monoisotopic (exact) mass is 222 g/mol. The summed E-state index contributed by atoms with van der Waals surface area (Å²) in [6.07, 6.45) is -5.66. The van der Waals surface area contributed by atoms with Crippen molar-refractivity contribution in [2.75, 3.05) is 13.1 Å². The summed E-state index contributed by atoms with van der Waals surface area (Å²) in [5.74, 6) is -0.539. The van der Waals surface area contributed by atoms with Gasteiger partial charge in [-0.1, -0.05) is 0 Å².